The fraction of sp³-hybridized carbons (Fsp3) is 0.900. The predicted octanol–water partition coefficient (Wildman–Crippen LogP) is 1.13. The molecular weight excluding hydrogens is 184 g/mol. The van der Waals surface area contributed by atoms with Crippen LogP contribution in [0.2, 0.25) is 0 Å². The van der Waals surface area contributed by atoms with Crippen LogP contribution in [-0.2, 0) is 19.0 Å². The Morgan fingerprint density at radius 3 is 2.71 bits per heavy atom. The highest BCUT2D eigenvalue weighted by molar-refractivity contribution is 5.66. The van der Waals surface area contributed by atoms with E-state index >= 15 is 0 Å². The van der Waals surface area contributed by atoms with Gasteiger partial charge in [-0.1, -0.05) is 0 Å². The van der Waals surface area contributed by atoms with Crippen LogP contribution >= 0.6 is 0 Å². The van der Waals surface area contributed by atoms with Crippen molar-refractivity contribution in [3.63, 3.8) is 0 Å². The first kappa shape index (κ1) is 11.5. The topological polar surface area (TPSA) is 44.8 Å². The van der Waals surface area contributed by atoms with Crippen molar-refractivity contribution in [2.75, 3.05) is 13.7 Å². The van der Waals surface area contributed by atoms with E-state index in [1.54, 1.807) is 7.11 Å². The van der Waals surface area contributed by atoms with Crippen LogP contribution in [0, 0.1) is 0 Å². The van der Waals surface area contributed by atoms with Gasteiger partial charge in [-0.3, -0.25) is 4.79 Å². The summed E-state index contributed by atoms with van der Waals surface area (Å²) in [5.41, 5.74) is -0.427. The molecule has 82 valence electrons. The van der Waals surface area contributed by atoms with Gasteiger partial charge >= 0.3 is 5.97 Å². The molecule has 4 nitrogen and oxygen atoms in total. The van der Waals surface area contributed by atoms with Gasteiger partial charge in [0.05, 0.1) is 6.10 Å². The van der Waals surface area contributed by atoms with Gasteiger partial charge in [0.1, 0.15) is 5.60 Å². The van der Waals surface area contributed by atoms with Crippen molar-refractivity contribution in [2.45, 2.75) is 45.0 Å². The second-order valence-electron chi connectivity index (χ2n) is 3.87. The van der Waals surface area contributed by atoms with Gasteiger partial charge < -0.3 is 14.2 Å². The lowest BCUT2D eigenvalue weighted by Crippen LogP contribution is -2.54. The maximum Gasteiger partial charge on any atom is 0.303 e. The second-order valence-corrected chi connectivity index (χ2v) is 3.87. The Bertz CT molecular complexity index is 216. The van der Waals surface area contributed by atoms with Crippen LogP contribution < -0.4 is 0 Å². The fourth-order valence-corrected chi connectivity index (χ4v) is 1.79. The molecular formula is C10H18O4. The van der Waals surface area contributed by atoms with Gasteiger partial charge in [0.15, 0.2) is 6.10 Å². The third kappa shape index (κ3) is 2.25. The number of methoxy groups -OCH3 is 1. The van der Waals surface area contributed by atoms with E-state index in [4.69, 9.17) is 14.2 Å². The molecule has 1 fully saturated rings. The Labute approximate surface area is 84.5 Å². The lowest BCUT2D eigenvalue weighted by atomic mass is 9.89. The summed E-state index contributed by atoms with van der Waals surface area (Å²) in [6, 6.07) is 0. The van der Waals surface area contributed by atoms with Crippen molar-refractivity contribution < 1.29 is 19.0 Å². The molecule has 1 saturated heterocycles. The van der Waals surface area contributed by atoms with E-state index in [1.807, 2.05) is 13.8 Å². The molecule has 0 bridgehead atoms. The van der Waals surface area contributed by atoms with Crippen LogP contribution in [-0.4, -0.2) is 37.5 Å². The minimum atomic E-state index is -0.427. The zero-order chi connectivity index (χ0) is 10.8. The largest absolute Gasteiger partial charge is 0.457 e. The van der Waals surface area contributed by atoms with E-state index in [2.05, 4.69) is 0 Å². The van der Waals surface area contributed by atoms with Crippen LogP contribution in [0.25, 0.3) is 0 Å². The molecule has 0 N–H and O–H groups in total. The average Bonchev–Trinajstić information content (AvgIpc) is 2.12. The highest BCUT2D eigenvalue weighted by atomic mass is 16.6. The maximum absolute atomic E-state index is 10.9. The summed E-state index contributed by atoms with van der Waals surface area (Å²) in [6.07, 6.45) is 0.308. The van der Waals surface area contributed by atoms with E-state index in [9.17, 15) is 4.79 Å². The molecule has 1 aliphatic rings. The van der Waals surface area contributed by atoms with Crippen molar-refractivity contribution in [3.05, 3.63) is 0 Å². The molecule has 0 spiro atoms. The molecule has 4 heteroatoms. The summed E-state index contributed by atoms with van der Waals surface area (Å²) in [5, 5.41) is 0. The van der Waals surface area contributed by atoms with Crippen LogP contribution in [0.1, 0.15) is 27.2 Å². The van der Waals surface area contributed by atoms with E-state index in [1.165, 1.54) is 6.92 Å². The van der Waals surface area contributed by atoms with Gasteiger partial charge in [-0.05, 0) is 13.8 Å². The molecule has 1 aliphatic heterocycles. The second kappa shape index (κ2) is 4.28. The molecule has 0 unspecified atom stereocenters. The van der Waals surface area contributed by atoms with Crippen molar-refractivity contribution in [2.24, 2.45) is 0 Å². The van der Waals surface area contributed by atoms with Gasteiger partial charge in [0, 0.05) is 27.1 Å². The summed E-state index contributed by atoms with van der Waals surface area (Å²) < 4.78 is 16.1. The van der Waals surface area contributed by atoms with E-state index < -0.39 is 5.60 Å². The molecule has 0 aromatic rings. The van der Waals surface area contributed by atoms with E-state index in [0.717, 1.165) is 6.42 Å². The van der Waals surface area contributed by atoms with Gasteiger partial charge in [-0.25, -0.2) is 0 Å². The first-order valence-electron chi connectivity index (χ1n) is 4.83. The molecule has 0 amide bonds. The number of esters is 1. The highest BCUT2D eigenvalue weighted by Gasteiger charge is 2.44. The van der Waals surface area contributed by atoms with Crippen molar-refractivity contribution in [3.8, 4) is 0 Å². The lowest BCUT2D eigenvalue weighted by molar-refractivity contribution is -0.210. The minimum Gasteiger partial charge on any atom is -0.457 e. The first-order valence-corrected chi connectivity index (χ1v) is 4.83. The number of carbonyl (C=O) groups is 1. The molecule has 0 saturated carbocycles. The minimum absolute atomic E-state index is 0.113. The number of ether oxygens (including phenoxy) is 3. The third-order valence-corrected chi connectivity index (χ3v) is 2.77. The van der Waals surface area contributed by atoms with Gasteiger partial charge in [0.2, 0.25) is 0 Å². The summed E-state index contributed by atoms with van der Waals surface area (Å²) in [6.45, 7) is 5.88. The van der Waals surface area contributed by atoms with Crippen LogP contribution in [0.5, 0.6) is 0 Å². The molecule has 3 atom stereocenters. The summed E-state index contributed by atoms with van der Waals surface area (Å²) in [4.78, 5) is 10.9. The lowest BCUT2D eigenvalue weighted by Gasteiger charge is -2.42. The van der Waals surface area contributed by atoms with E-state index in [0.29, 0.717) is 6.61 Å². The first-order chi connectivity index (χ1) is 6.49. The maximum atomic E-state index is 10.9. The molecule has 1 heterocycles. The summed E-state index contributed by atoms with van der Waals surface area (Å²) >= 11 is 0. The van der Waals surface area contributed by atoms with Crippen LogP contribution in [0.15, 0.2) is 0 Å². The Morgan fingerprint density at radius 1 is 1.57 bits per heavy atom. The zero-order valence-corrected chi connectivity index (χ0v) is 9.20. The van der Waals surface area contributed by atoms with Gasteiger partial charge in [0.25, 0.3) is 0 Å². The Kier molecular flexibility index (Phi) is 3.50. The fourth-order valence-electron chi connectivity index (χ4n) is 1.79. The van der Waals surface area contributed by atoms with Crippen LogP contribution in [0.4, 0.5) is 0 Å². The quantitative estimate of drug-likeness (QED) is 0.630. The van der Waals surface area contributed by atoms with Gasteiger partial charge in [-0.15, -0.1) is 0 Å². The smallest absolute Gasteiger partial charge is 0.303 e. The average molecular weight is 202 g/mol. The predicted molar refractivity (Wildman–Crippen MR) is 51.0 cm³/mol. The molecule has 14 heavy (non-hydrogen) atoms. The molecule has 0 aromatic heterocycles. The number of carbonyl (C=O) groups excluding carboxylic acids is 1. The Hall–Kier alpha value is -0.610. The van der Waals surface area contributed by atoms with Crippen molar-refractivity contribution in [1.82, 2.24) is 0 Å². The number of hydrogen-bond acceptors (Lipinski definition) is 4. The normalized spacial score (nSPS) is 38.0. The van der Waals surface area contributed by atoms with E-state index in [-0.39, 0.29) is 18.2 Å². The van der Waals surface area contributed by atoms with Gasteiger partial charge in [-0.2, -0.15) is 0 Å². The molecule has 0 aromatic carbocycles. The molecule has 1 rings (SSSR count). The Morgan fingerprint density at radius 2 is 2.21 bits per heavy atom. The standard InChI is InChI=1S/C10H18O4/c1-7-9(14-8(2)11)10(3,12-4)5-6-13-7/h7,9H,5-6H2,1-4H3/t7-,9-,10+/m0/s1. The number of hydrogen-bond donors (Lipinski definition) is 0. The Balaban J connectivity index is 2.75. The molecule has 0 aliphatic carbocycles. The summed E-state index contributed by atoms with van der Waals surface area (Å²) in [7, 11) is 1.63. The highest BCUT2D eigenvalue weighted by Crippen LogP contribution is 2.30. The van der Waals surface area contributed by atoms with Crippen molar-refractivity contribution >= 4 is 5.97 Å². The summed E-state index contributed by atoms with van der Waals surface area (Å²) in [5.74, 6) is -0.296. The number of rotatable bonds is 2. The van der Waals surface area contributed by atoms with Crippen LogP contribution in [0.3, 0.4) is 0 Å². The molecule has 0 radical (unpaired) electrons. The monoisotopic (exact) mass is 202 g/mol. The third-order valence-electron chi connectivity index (χ3n) is 2.77. The zero-order valence-electron chi connectivity index (χ0n) is 9.20. The SMILES string of the molecule is CO[C@]1(C)CCO[C@@H](C)[C@@H]1OC(C)=O. The van der Waals surface area contributed by atoms with Crippen molar-refractivity contribution in [1.29, 1.82) is 0 Å².